The van der Waals surface area contributed by atoms with Crippen LogP contribution in [0.1, 0.15) is 16.7 Å². The maximum atomic E-state index is 6.38. The third-order valence-electron chi connectivity index (χ3n) is 6.04. The highest BCUT2D eigenvalue weighted by Gasteiger charge is 2.18. The molecule has 0 bridgehead atoms. The summed E-state index contributed by atoms with van der Waals surface area (Å²) >= 11 is 14.5. The minimum atomic E-state index is 0.293. The normalized spacial score (nSPS) is 13.4. The zero-order chi connectivity index (χ0) is 28.8. The van der Waals surface area contributed by atoms with E-state index in [1.807, 2.05) is 55.5 Å². The Morgan fingerprint density at radius 3 is 2.61 bits per heavy atom. The Morgan fingerprint density at radius 2 is 1.83 bits per heavy atom. The highest BCUT2D eigenvalue weighted by atomic mass is 127. The number of nitrogens with zero attached hydrogens (tertiary/aromatic N) is 5. The molecule has 0 amide bonds. The summed E-state index contributed by atoms with van der Waals surface area (Å²) in [4.78, 5) is 15.9. The summed E-state index contributed by atoms with van der Waals surface area (Å²) in [6.45, 7) is 4.96. The molecule has 2 N–H and O–H groups in total. The van der Waals surface area contributed by atoms with Crippen molar-refractivity contribution in [3.63, 3.8) is 0 Å². The number of benzene rings is 3. The van der Waals surface area contributed by atoms with Gasteiger partial charge in [-0.05, 0) is 103 Å². The summed E-state index contributed by atoms with van der Waals surface area (Å²) in [5.41, 5.74) is 6.61. The summed E-state index contributed by atoms with van der Waals surface area (Å²) < 4.78 is 14.6. The average molecular weight is 861 g/mol. The molecule has 212 valence electrons. The molecule has 0 aliphatic carbocycles. The Labute approximate surface area is 278 Å². The second kappa shape index (κ2) is 14.3. The number of aromatic nitrogens is 3. The number of ether oxygens (including phenoxy) is 2. The standard InChI is InChI=1S/C28H25BrClI2N7O2/c1-17-11-21(29)24(14-22(17)30)34-26-35-27(37-28(36-26)39-7-9-40-10-8-39)38-33-15-19-12-20(31)13-23(32)25(19)41-16-18-5-3-2-4-6-18/h2-6,11-15H,7-10,16H2,1H3,(H2,34,35,36,37,38)/b33-15+. The molecule has 5 rings (SSSR count). The van der Waals surface area contributed by atoms with Crippen molar-refractivity contribution in [1.29, 1.82) is 0 Å². The van der Waals surface area contributed by atoms with E-state index in [-0.39, 0.29) is 0 Å². The first kappa shape index (κ1) is 30.2. The van der Waals surface area contributed by atoms with Crippen LogP contribution in [-0.2, 0) is 11.3 Å². The minimum absolute atomic E-state index is 0.293. The molecule has 3 aromatic carbocycles. The summed E-state index contributed by atoms with van der Waals surface area (Å²) in [5, 5.41) is 8.37. The molecule has 0 atom stereocenters. The van der Waals surface area contributed by atoms with Crippen molar-refractivity contribution in [2.24, 2.45) is 5.10 Å². The van der Waals surface area contributed by atoms with Crippen LogP contribution >= 0.6 is 72.7 Å². The topological polar surface area (TPSA) is 96.8 Å². The fraction of sp³-hybridized carbons (Fsp3) is 0.214. The maximum absolute atomic E-state index is 6.38. The van der Waals surface area contributed by atoms with Crippen molar-refractivity contribution < 1.29 is 9.47 Å². The van der Waals surface area contributed by atoms with Gasteiger partial charge in [0.25, 0.3) is 0 Å². The van der Waals surface area contributed by atoms with Gasteiger partial charge in [0, 0.05) is 31.7 Å². The lowest BCUT2D eigenvalue weighted by Gasteiger charge is -2.27. The summed E-state index contributed by atoms with van der Waals surface area (Å²) in [5.74, 6) is 1.93. The Morgan fingerprint density at radius 1 is 1.07 bits per heavy atom. The molecule has 0 saturated carbocycles. The van der Waals surface area contributed by atoms with E-state index in [9.17, 15) is 0 Å². The largest absolute Gasteiger partial charge is 0.487 e. The number of hydrogen-bond acceptors (Lipinski definition) is 9. The number of hydrazone groups is 1. The fourth-order valence-corrected chi connectivity index (χ4v) is 6.72. The predicted octanol–water partition coefficient (Wildman–Crippen LogP) is 7.41. The van der Waals surface area contributed by atoms with Crippen LogP contribution in [0.15, 0.2) is 64.2 Å². The van der Waals surface area contributed by atoms with Gasteiger partial charge >= 0.3 is 0 Å². The number of morpholine rings is 1. The van der Waals surface area contributed by atoms with Gasteiger partial charge < -0.3 is 19.7 Å². The Bertz CT molecular complexity index is 1560. The molecular weight excluding hydrogens is 836 g/mol. The van der Waals surface area contributed by atoms with Crippen LogP contribution in [0.4, 0.5) is 23.5 Å². The summed E-state index contributed by atoms with van der Waals surface area (Å²) in [6.07, 6.45) is 1.71. The Hall–Kier alpha value is -2.27. The van der Waals surface area contributed by atoms with Crippen LogP contribution in [0.25, 0.3) is 0 Å². The third kappa shape index (κ3) is 8.18. The van der Waals surface area contributed by atoms with E-state index < -0.39 is 0 Å². The minimum Gasteiger partial charge on any atom is -0.487 e. The van der Waals surface area contributed by atoms with E-state index in [1.54, 1.807) is 6.21 Å². The van der Waals surface area contributed by atoms with Gasteiger partial charge in [-0.1, -0.05) is 41.9 Å². The monoisotopic (exact) mass is 859 g/mol. The lowest BCUT2D eigenvalue weighted by atomic mass is 10.2. The molecule has 0 spiro atoms. The van der Waals surface area contributed by atoms with E-state index in [0.717, 1.165) is 39.7 Å². The van der Waals surface area contributed by atoms with E-state index in [1.165, 1.54) is 0 Å². The van der Waals surface area contributed by atoms with Crippen LogP contribution in [0.3, 0.4) is 0 Å². The molecule has 2 heterocycles. The van der Waals surface area contributed by atoms with Crippen molar-refractivity contribution in [2.75, 3.05) is 41.9 Å². The molecule has 13 heteroatoms. The first-order valence-corrected chi connectivity index (χ1v) is 15.9. The van der Waals surface area contributed by atoms with E-state index >= 15 is 0 Å². The molecule has 9 nitrogen and oxygen atoms in total. The predicted molar refractivity (Wildman–Crippen MR) is 184 cm³/mol. The Balaban J connectivity index is 1.40. The molecule has 0 unspecified atom stereocenters. The van der Waals surface area contributed by atoms with Crippen LogP contribution in [0.5, 0.6) is 5.75 Å². The molecule has 0 radical (unpaired) electrons. The van der Waals surface area contributed by atoms with Gasteiger partial charge in [0.15, 0.2) is 0 Å². The van der Waals surface area contributed by atoms with Crippen molar-refractivity contribution in [3.05, 3.63) is 87.9 Å². The number of rotatable bonds is 9. The Kier molecular flexibility index (Phi) is 10.5. The number of anilines is 4. The molecule has 1 fully saturated rings. The number of hydrogen-bond donors (Lipinski definition) is 2. The van der Waals surface area contributed by atoms with Gasteiger partial charge in [-0.2, -0.15) is 20.1 Å². The van der Waals surface area contributed by atoms with E-state index in [0.29, 0.717) is 55.8 Å². The van der Waals surface area contributed by atoms with Crippen molar-refractivity contribution in [2.45, 2.75) is 13.5 Å². The van der Waals surface area contributed by atoms with Gasteiger partial charge in [-0.3, -0.25) is 0 Å². The molecule has 1 aromatic heterocycles. The van der Waals surface area contributed by atoms with Crippen molar-refractivity contribution in [1.82, 2.24) is 15.0 Å². The number of halogens is 4. The zero-order valence-electron chi connectivity index (χ0n) is 21.9. The highest BCUT2D eigenvalue weighted by molar-refractivity contribution is 14.1. The van der Waals surface area contributed by atoms with Crippen molar-refractivity contribution in [3.8, 4) is 5.75 Å². The lowest BCUT2D eigenvalue weighted by molar-refractivity contribution is 0.122. The van der Waals surface area contributed by atoms with Crippen molar-refractivity contribution >= 4 is 102 Å². The molecule has 1 aliphatic rings. The van der Waals surface area contributed by atoms with Gasteiger partial charge in [0.05, 0.1) is 28.7 Å². The van der Waals surface area contributed by atoms with Crippen LogP contribution < -0.4 is 20.4 Å². The number of aryl methyl sites for hydroxylation is 1. The first-order chi connectivity index (χ1) is 19.9. The van der Waals surface area contributed by atoms with E-state index in [4.69, 9.17) is 21.1 Å². The molecule has 41 heavy (non-hydrogen) atoms. The zero-order valence-corrected chi connectivity index (χ0v) is 28.5. The second-order valence-corrected chi connectivity index (χ2v) is 12.7. The second-order valence-electron chi connectivity index (χ2n) is 9.04. The molecule has 4 aromatic rings. The van der Waals surface area contributed by atoms with Crippen LogP contribution in [0.2, 0.25) is 5.02 Å². The van der Waals surface area contributed by atoms with Gasteiger partial charge in [0.2, 0.25) is 17.8 Å². The molecule has 1 saturated heterocycles. The first-order valence-electron chi connectivity index (χ1n) is 12.6. The van der Waals surface area contributed by atoms with Gasteiger partial charge in [0.1, 0.15) is 12.4 Å². The maximum Gasteiger partial charge on any atom is 0.250 e. The number of nitrogens with one attached hydrogen (secondary N) is 2. The third-order valence-corrected chi connectivity index (χ3v) is 8.53. The summed E-state index contributed by atoms with van der Waals surface area (Å²) in [7, 11) is 0. The summed E-state index contributed by atoms with van der Waals surface area (Å²) in [6, 6.07) is 17.9. The van der Waals surface area contributed by atoms with E-state index in [2.05, 4.69) is 103 Å². The molecule has 1 aliphatic heterocycles. The average Bonchev–Trinajstić information content (AvgIpc) is 2.96. The fourth-order valence-electron chi connectivity index (χ4n) is 3.96. The smallest absolute Gasteiger partial charge is 0.250 e. The lowest BCUT2D eigenvalue weighted by Crippen LogP contribution is -2.37. The quantitative estimate of drug-likeness (QED) is 0.102. The SMILES string of the molecule is Cc1cc(Br)c(Nc2nc(N/N=C/c3cc(I)cc(I)c3OCc3ccccc3)nc(N3CCOCC3)n2)cc1Cl. The van der Waals surface area contributed by atoms with Gasteiger partial charge in [-0.25, -0.2) is 5.43 Å². The molecular formula is C28H25BrClI2N7O2. The van der Waals surface area contributed by atoms with Crippen LogP contribution in [0, 0.1) is 14.1 Å². The van der Waals surface area contributed by atoms with Gasteiger partial charge in [-0.15, -0.1) is 0 Å². The van der Waals surface area contributed by atoms with Crippen LogP contribution in [-0.4, -0.2) is 47.5 Å². The highest BCUT2D eigenvalue weighted by Crippen LogP contribution is 2.31.